The van der Waals surface area contributed by atoms with E-state index in [1.807, 2.05) is 24.3 Å². The molecule has 2 rings (SSSR count). The number of amides is 1. The Bertz CT molecular complexity index is 459. The molecule has 2 unspecified atom stereocenters. The Morgan fingerprint density at radius 1 is 1.27 bits per heavy atom. The number of nitrogens with two attached hydrogens (primary N) is 1. The van der Waals surface area contributed by atoms with Gasteiger partial charge in [0.2, 0.25) is 0 Å². The third kappa shape index (κ3) is 5.29. The molecule has 0 bridgehead atoms. The second-order valence-electron chi connectivity index (χ2n) is 6.64. The van der Waals surface area contributed by atoms with Crippen molar-refractivity contribution >= 4 is 18.3 Å². The maximum absolute atomic E-state index is 12.3. The molecule has 4 heteroatoms. The second kappa shape index (κ2) is 9.16. The molecule has 22 heavy (non-hydrogen) atoms. The van der Waals surface area contributed by atoms with Crippen LogP contribution in [0.3, 0.4) is 0 Å². The fraction of sp³-hybridized carbons (Fsp3) is 0.611. The van der Waals surface area contributed by atoms with Gasteiger partial charge in [0.1, 0.15) is 0 Å². The predicted molar refractivity (Wildman–Crippen MR) is 94.2 cm³/mol. The van der Waals surface area contributed by atoms with Gasteiger partial charge in [-0.15, -0.1) is 12.4 Å². The van der Waals surface area contributed by atoms with Gasteiger partial charge in [0, 0.05) is 18.2 Å². The minimum Gasteiger partial charge on any atom is -0.349 e. The van der Waals surface area contributed by atoms with Gasteiger partial charge in [0.15, 0.2) is 0 Å². The largest absolute Gasteiger partial charge is 0.349 e. The lowest BCUT2D eigenvalue weighted by atomic mass is 9.93. The van der Waals surface area contributed by atoms with Crippen molar-refractivity contribution in [1.82, 2.24) is 5.32 Å². The highest BCUT2D eigenvalue weighted by molar-refractivity contribution is 5.94. The zero-order valence-electron chi connectivity index (χ0n) is 13.7. The van der Waals surface area contributed by atoms with Gasteiger partial charge in [-0.05, 0) is 48.8 Å². The van der Waals surface area contributed by atoms with E-state index in [1.54, 1.807) is 0 Å². The highest BCUT2D eigenvalue weighted by Crippen LogP contribution is 2.30. The van der Waals surface area contributed by atoms with Gasteiger partial charge in [0.05, 0.1) is 0 Å². The minimum absolute atomic E-state index is 0. The maximum atomic E-state index is 12.3. The number of nitrogens with one attached hydrogen (secondary N) is 1. The van der Waals surface area contributed by atoms with Crippen molar-refractivity contribution in [3.8, 4) is 0 Å². The van der Waals surface area contributed by atoms with E-state index in [9.17, 15) is 4.79 Å². The highest BCUT2D eigenvalue weighted by atomic mass is 35.5. The van der Waals surface area contributed by atoms with Crippen LogP contribution >= 0.6 is 12.4 Å². The normalized spacial score (nSPS) is 20.7. The average molecular weight is 325 g/mol. The molecule has 1 aliphatic carbocycles. The number of carbonyl (C=O) groups excluding carboxylic acids is 1. The summed E-state index contributed by atoms with van der Waals surface area (Å²) in [5.41, 5.74) is 7.38. The lowest BCUT2D eigenvalue weighted by Crippen LogP contribution is -2.37. The molecule has 2 atom stereocenters. The Morgan fingerprint density at radius 3 is 2.55 bits per heavy atom. The van der Waals surface area contributed by atoms with E-state index in [0.717, 1.165) is 23.5 Å². The van der Waals surface area contributed by atoms with Gasteiger partial charge in [-0.1, -0.05) is 38.8 Å². The summed E-state index contributed by atoms with van der Waals surface area (Å²) >= 11 is 0. The summed E-state index contributed by atoms with van der Waals surface area (Å²) in [6.07, 6.45) is 6.09. The summed E-state index contributed by atoms with van der Waals surface area (Å²) in [5, 5.41) is 3.24. The molecule has 0 aromatic heterocycles. The van der Waals surface area contributed by atoms with Crippen molar-refractivity contribution in [3.63, 3.8) is 0 Å². The van der Waals surface area contributed by atoms with Crippen molar-refractivity contribution in [2.45, 2.75) is 58.5 Å². The topological polar surface area (TPSA) is 55.1 Å². The molecule has 0 spiro atoms. The smallest absolute Gasteiger partial charge is 0.251 e. The van der Waals surface area contributed by atoms with E-state index < -0.39 is 0 Å². The lowest BCUT2D eigenvalue weighted by Gasteiger charge is -2.22. The number of carbonyl (C=O) groups is 1. The quantitative estimate of drug-likeness (QED) is 0.833. The molecule has 1 aromatic carbocycles. The van der Waals surface area contributed by atoms with Crippen LogP contribution in [-0.4, -0.2) is 11.9 Å². The summed E-state index contributed by atoms with van der Waals surface area (Å²) < 4.78 is 0. The summed E-state index contributed by atoms with van der Waals surface area (Å²) in [7, 11) is 0. The molecule has 0 radical (unpaired) electrons. The molecule has 1 amide bonds. The number of halogens is 1. The second-order valence-corrected chi connectivity index (χ2v) is 6.64. The molecule has 1 aliphatic rings. The van der Waals surface area contributed by atoms with Crippen LogP contribution in [0.1, 0.15) is 61.9 Å². The first-order chi connectivity index (χ1) is 10.1. The first-order valence-electron chi connectivity index (χ1n) is 8.20. The van der Waals surface area contributed by atoms with Crippen molar-refractivity contribution < 1.29 is 4.79 Å². The van der Waals surface area contributed by atoms with Gasteiger partial charge < -0.3 is 11.1 Å². The van der Waals surface area contributed by atoms with E-state index in [2.05, 4.69) is 19.2 Å². The van der Waals surface area contributed by atoms with Crippen LogP contribution < -0.4 is 11.1 Å². The van der Waals surface area contributed by atoms with E-state index >= 15 is 0 Å². The molecule has 0 saturated heterocycles. The molecule has 1 fully saturated rings. The number of rotatable bonds is 6. The van der Waals surface area contributed by atoms with E-state index in [1.165, 1.54) is 25.7 Å². The van der Waals surface area contributed by atoms with Crippen molar-refractivity contribution in [3.05, 3.63) is 35.4 Å². The highest BCUT2D eigenvalue weighted by Gasteiger charge is 2.28. The van der Waals surface area contributed by atoms with Crippen LogP contribution in [0, 0.1) is 11.8 Å². The third-order valence-electron chi connectivity index (χ3n) is 4.54. The molecule has 1 saturated carbocycles. The van der Waals surface area contributed by atoms with Crippen LogP contribution in [0.15, 0.2) is 24.3 Å². The van der Waals surface area contributed by atoms with Crippen LogP contribution in [0.4, 0.5) is 0 Å². The summed E-state index contributed by atoms with van der Waals surface area (Å²) in [6.45, 7) is 5.05. The zero-order valence-corrected chi connectivity index (χ0v) is 14.5. The van der Waals surface area contributed by atoms with Gasteiger partial charge in [-0.2, -0.15) is 0 Å². The van der Waals surface area contributed by atoms with Crippen LogP contribution in [0.25, 0.3) is 0 Å². The van der Waals surface area contributed by atoms with Crippen LogP contribution in [0.5, 0.6) is 0 Å². The standard InChI is InChI=1S/C18H28N2O.ClH/c1-13(2)6-9-15-4-3-5-17(15)20-18(21)16-10-7-14(12-19)8-11-16;/h7-8,10-11,13,15,17H,3-6,9,12,19H2,1-2H3,(H,20,21);1H. The van der Waals surface area contributed by atoms with Crippen molar-refractivity contribution in [2.24, 2.45) is 17.6 Å². The van der Waals surface area contributed by atoms with Crippen molar-refractivity contribution in [2.75, 3.05) is 0 Å². The first kappa shape index (κ1) is 19.0. The molecular weight excluding hydrogens is 296 g/mol. The Labute approximate surface area is 140 Å². The molecule has 124 valence electrons. The molecule has 0 heterocycles. The number of hydrogen-bond acceptors (Lipinski definition) is 2. The number of hydrogen-bond donors (Lipinski definition) is 2. The maximum Gasteiger partial charge on any atom is 0.251 e. The van der Waals surface area contributed by atoms with Crippen LogP contribution in [-0.2, 0) is 6.54 Å². The van der Waals surface area contributed by atoms with E-state index in [0.29, 0.717) is 18.5 Å². The number of benzene rings is 1. The van der Waals surface area contributed by atoms with Crippen LogP contribution in [0.2, 0.25) is 0 Å². The monoisotopic (exact) mass is 324 g/mol. The summed E-state index contributed by atoms with van der Waals surface area (Å²) in [6, 6.07) is 7.95. The SMILES string of the molecule is CC(C)CCC1CCCC1NC(=O)c1ccc(CN)cc1.Cl. The fourth-order valence-electron chi connectivity index (χ4n) is 3.16. The Hall–Kier alpha value is -1.06. The van der Waals surface area contributed by atoms with Gasteiger partial charge in [-0.3, -0.25) is 4.79 Å². The lowest BCUT2D eigenvalue weighted by molar-refractivity contribution is 0.0926. The molecule has 0 aliphatic heterocycles. The molecule has 1 aromatic rings. The molecular formula is C18H29ClN2O. The first-order valence-corrected chi connectivity index (χ1v) is 8.20. The average Bonchev–Trinajstić information content (AvgIpc) is 2.92. The van der Waals surface area contributed by atoms with Gasteiger partial charge in [-0.25, -0.2) is 0 Å². The van der Waals surface area contributed by atoms with E-state index in [4.69, 9.17) is 5.73 Å². The van der Waals surface area contributed by atoms with Gasteiger partial charge in [0.25, 0.3) is 5.91 Å². The summed E-state index contributed by atoms with van der Waals surface area (Å²) in [5.74, 6) is 1.45. The van der Waals surface area contributed by atoms with E-state index in [-0.39, 0.29) is 18.3 Å². The zero-order chi connectivity index (χ0) is 15.2. The Balaban J connectivity index is 0.00000242. The fourth-order valence-corrected chi connectivity index (χ4v) is 3.16. The predicted octanol–water partition coefficient (Wildman–Crippen LogP) is 3.90. The third-order valence-corrected chi connectivity index (χ3v) is 4.54. The summed E-state index contributed by atoms with van der Waals surface area (Å²) in [4.78, 5) is 12.3. The minimum atomic E-state index is 0. The molecule has 3 nitrogen and oxygen atoms in total. The molecule has 3 N–H and O–H groups in total. The van der Waals surface area contributed by atoms with Crippen molar-refractivity contribution in [1.29, 1.82) is 0 Å². The Morgan fingerprint density at radius 2 is 1.95 bits per heavy atom. The Kier molecular flexibility index (Phi) is 7.91. The van der Waals surface area contributed by atoms with Gasteiger partial charge >= 0.3 is 0 Å².